The number of carbonyl (C=O) groups is 3. The molecule has 4 rings (SSSR count). The first kappa shape index (κ1) is 25.1. The summed E-state index contributed by atoms with van der Waals surface area (Å²) in [5, 5.41) is 20.9. The predicted molar refractivity (Wildman–Crippen MR) is 125 cm³/mol. The topological polar surface area (TPSA) is 129 Å². The van der Waals surface area contributed by atoms with E-state index in [1.165, 1.54) is 24.3 Å². The highest BCUT2D eigenvalue weighted by molar-refractivity contribution is 5.90. The number of aliphatic hydroxyl groups excluding tert-OH is 2. The Hall–Kier alpha value is -4.05. The second kappa shape index (κ2) is 11.6. The van der Waals surface area contributed by atoms with Gasteiger partial charge in [0.15, 0.2) is 18.5 Å². The fraction of sp³-hybridized carbons (Fsp3) is 0.222. The molecule has 1 fully saturated rings. The van der Waals surface area contributed by atoms with Gasteiger partial charge in [0.05, 0.1) is 16.7 Å². The molecular weight excluding hydrogens is 468 g/mol. The lowest BCUT2D eigenvalue weighted by Crippen LogP contribution is -2.61. The van der Waals surface area contributed by atoms with Crippen molar-refractivity contribution in [2.24, 2.45) is 0 Å². The van der Waals surface area contributed by atoms with E-state index in [2.05, 4.69) is 0 Å². The molecule has 0 saturated carbocycles. The SMILES string of the molecule is O=C(OC[C@H]1O[C@H](O)[C@H](O)[C@@H](OC(=O)c2ccccc2)[C@@H]1OC(=O)c1ccccc1)c1ccccc1. The molecule has 1 saturated heterocycles. The van der Waals surface area contributed by atoms with Gasteiger partial charge in [0.1, 0.15) is 18.8 Å². The summed E-state index contributed by atoms with van der Waals surface area (Å²) in [7, 11) is 0. The summed E-state index contributed by atoms with van der Waals surface area (Å²) in [6.07, 6.45) is -7.72. The number of esters is 3. The number of hydrogen-bond acceptors (Lipinski definition) is 9. The Bertz CT molecular complexity index is 1170. The smallest absolute Gasteiger partial charge is 0.338 e. The minimum absolute atomic E-state index is 0.186. The lowest BCUT2D eigenvalue weighted by atomic mass is 9.98. The maximum absolute atomic E-state index is 12.8. The zero-order valence-electron chi connectivity index (χ0n) is 19.0. The van der Waals surface area contributed by atoms with E-state index in [9.17, 15) is 24.6 Å². The maximum Gasteiger partial charge on any atom is 0.338 e. The molecule has 36 heavy (non-hydrogen) atoms. The quantitative estimate of drug-likeness (QED) is 0.377. The van der Waals surface area contributed by atoms with Gasteiger partial charge in [0.2, 0.25) is 0 Å². The maximum atomic E-state index is 12.8. The molecule has 0 radical (unpaired) electrons. The van der Waals surface area contributed by atoms with E-state index in [1.807, 2.05) is 0 Å². The van der Waals surface area contributed by atoms with Crippen LogP contribution in [-0.4, -0.2) is 65.4 Å². The minimum atomic E-state index is -1.80. The van der Waals surface area contributed by atoms with E-state index in [1.54, 1.807) is 66.7 Å². The summed E-state index contributed by atoms with van der Waals surface area (Å²) >= 11 is 0. The van der Waals surface area contributed by atoms with Crippen molar-refractivity contribution in [3.05, 3.63) is 108 Å². The van der Waals surface area contributed by atoms with Crippen molar-refractivity contribution in [1.29, 1.82) is 0 Å². The summed E-state index contributed by atoms with van der Waals surface area (Å²) in [4.78, 5) is 38.0. The molecule has 2 N–H and O–H groups in total. The van der Waals surface area contributed by atoms with Crippen LogP contribution in [0.2, 0.25) is 0 Å². The van der Waals surface area contributed by atoms with E-state index in [0.717, 1.165) is 0 Å². The summed E-state index contributed by atoms with van der Waals surface area (Å²) in [6.45, 7) is -0.455. The van der Waals surface area contributed by atoms with Crippen LogP contribution in [0.25, 0.3) is 0 Å². The second-order valence-electron chi connectivity index (χ2n) is 7.99. The zero-order valence-corrected chi connectivity index (χ0v) is 19.0. The number of aliphatic hydroxyl groups is 2. The highest BCUT2D eigenvalue weighted by Gasteiger charge is 2.50. The van der Waals surface area contributed by atoms with Gasteiger partial charge in [-0.15, -0.1) is 0 Å². The Labute approximate surface area is 206 Å². The molecule has 186 valence electrons. The molecule has 0 amide bonds. The number of benzene rings is 3. The molecule has 3 aromatic carbocycles. The van der Waals surface area contributed by atoms with Crippen LogP contribution in [0.5, 0.6) is 0 Å². The first-order valence-electron chi connectivity index (χ1n) is 11.2. The first-order chi connectivity index (χ1) is 17.4. The van der Waals surface area contributed by atoms with E-state index < -0.39 is 55.2 Å². The third-order valence-corrected chi connectivity index (χ3v) is 5.53. The molecule has 0 aromatic heterocycles. The van der Waals surface area contributed by atoms with Crippen molar-refractivity contribution in [3.8, 4) is 0 Å². The second-order valence-corrected chi connectivity index (χ2v) is 7.99. The summed E-state index contributed by atoms with van der Waals surface area (Å²) < 4.78 is 21.8. The minimum Gasteiger partial charge on any atom is -0.459 e. The van der Waals surface area contributed by atoms with Gasteiger partial charge in [0, 0.05) is 0 Å². The number of hydrogen-bond donors (Lipinski definition) is 2. The van der Waals surface area contributed by atoms with Crippen LogP contribution >= 0.6 is 0 Å². The average molecular weight is 492 g/mol. The van der Waals surface area contributed by atoms with Gasteiger partial charge in [-0.1, -0.05) is 54.6 Å². The van der Waals surface area contributed by atoms with Crippen molar-refractivity contribution < 1.29 is 43.5 Å². The number of ether oxygens (including phenoxy) is 4. The Kier molecular flexibility index (Phi) is 8.06. The third-order valence-electron chi connectivity index (χ3n) is 5.53. The van der Waals surface area contributed by atoms with Crippen molar-refractivity contribution in [1.82, 2.24) is 0 Å². The number of rotatable bonds is 7. The molecule has 5 atom stereocenters. The lowest BCUT2D eigenvalue weighted by molar-refractivity contribution is -0.285. The van der Waals surface area contributed by atoms with Gasteiger partial charge < -0.3 is 29.2 Å². The van der Waals surface area contributed by atoms with Crippen LogP contribution < -0.4 is 0 Å². The summed E-state index contributed by atoms with van der Waals surface area (Å²) in [5.74, 6) is -2.27. The molecule has 0 spiro atoms. The molecule has 0 bridgehead atoms. The largest absolute Gasteiger partial charge is 0.459 e. The summed E-state index contributed by atoms with van der Waals surface area (Å²) in [5.41, 5.74) is 0.663. The Morgan fingerprint density at radius 3 is 1.53 bits per heavy atom. The highest BCUT2D eigenvalue weighted by Crippen LogP contribution is 2.27. The van der Waals surface area contributed by atoms with Crippen LogP contribution in [0.15, 0.2) is 91.0 Å². The van der Waals surface area contributed by atoms with Crippen LogP contribution in [-0.2, 0) is 18.9 Å². The molecule has 9 heteroatoms. The molecule has 1 aliphatic heterocycles. The van der Waals surface area contributed by atoms with Gasteiger partial charge in [-0.25, -0.2) is 14.4 Å². The molecule has 1 heterocycles. The standard InChI is InChI=1S/C27H24O9/c28-21-23(36-26(31)19-14-8-3-9-15-19)22(35-25(30)18-12-6-2-7-13-18)20(34-27(21)32)16-33-24(29)17-10-4-1-5-11-17/h1-15,20-23,27-28,32H,16H2/t20-,21-,22-,23-,27+/m1/s1. The number of carbonyl (C=O) groups excluding carboxylic acids is 3. The van der Waals surface area contributed by atoms with Crippen LogP contribution in [0, 0.1) is 0 Å². The van der Waals surface area contributed by atoms with Gasteiger partial charge in [0.25, 0.3) is 0 Å². The molecular formula is C27H24O9. The van der Waals surface area contributed by atoms with Gasteiger partial charge >= 0.3 is 17.9 Å². The normalized spacial score (nSPS) is 23.3. The first-order valence-corrected chi connectivity index (χ1v) is 11.2. The average Bonchev–Trinajstić information content (AvgIpc) is 2.92. The van der Waals surface area contributed by atoms with Gasteiger partial charge in [-0.2, -0.15) is 0 Å². The molecule has 0 aliphatic carbocycles. The fourth-order valence-electron chi connectivity index (χ4n) is 3.67. The van der Waals surface area contributed by atoms with E-state index in [0.29, 0.717) is 0 Å². The van der Waals surface area contributed by atoms with Crippen molar-refractivity contribution in [2.75, 3.05) is 6.61 Å². The van der Waals surface area contributed by atoms with Crippen molar-refractivity contribution >= 4 is 17.9 Å². The van der Waals surface area contributed by atoms with Crippen LogP contribution in [0.3, 0.4) is 0 Å². The zero-order chi connectivity index (χ0) is 25.5. The third kappa shape index (κ3) is 5.95. The van der Waals surface area contributed by atoms with Crippen LogP contribution in [0.4, 0.5) is 0 Å². The Morgan fingerprint density at radius 2 is 1.06 bits per heavy atom. The van der Waals surface area contributed by atoms with E-state index >= 15 is 0 Å². The predicted octanol–water partition coefficient (Wildman–Crippen LogP) is 2.37. The van der Waals surface area contributed by atoms with Gasteiger partial charge in [-0.05, 0) is 36.4 Å². The Balaban J connectivity index is 1.57. The van der Waals surface area contributed by atoms with Crippen molar-refractivity contribution in [3.63, 3.8) is 0 Å². The molecule has 1 aliphatic rings. The Morgan fingerprint density at radius 1 is 0.639 bits per heavy atom. The summed E-state index contributed by atoms with van der Waals surface area (Å²) in [6, 6.07) is 24.2. The van der Waals surface area contributed by atoms with E-state index in [-0.39, 0.29) is 16.7 Å². The highest BCUT2D eigenvalue weighted by atomic mass is 16.7. The van der Waals surface area contributed by atoms with Crippen LogP contribution in [0.1, 0.15) is 31.1 Å². The lowest BCUT2D eigenvalue weighted by Gasteiger charge is -2.41. The monoisotopic (exact) mass is 492 g/mol. The van der Waals surface area contributed by atoms with E-state index in [4.69, 9.17) is 18.9 Å². The fourth-order valence-corrected chi connectivity index (χ4v) is 3.67. The molecule has 3 aromatic rings. The van der Waals surface area contributed by atoms with Gasteiger partial charge in [-0.3, -0.25) is 0 Å². The molecule has 9 nitrogen and oxygen atoms in total. The van der Waals surface area contributed by atoms with Crippen molar-refractivity contribution in [2.45, 2.75) is 30.7 Å². The molecule has 0 unspecified atom stereocenters.